The number of hydrogen-bond acceptors (Lipinski definition) is 5. The van der Waals surface area contributed by atoms with Crippen LogP contribution in [0.5, 0.6) is 0 Å². The van der Waals surface area contributed by atoms with Crippen LogP contribution in [0.25, 0.3) is 0 Å². The number of piperidine rings is 1. The van der Waals surface area contributed by atoms with Crippen molar-refractivity contribution in [3.63, 3.8) is 0 Å². The number of halogens is 3. The standard InChI is InChI=1S/C24H36F3N5O4/c1-22(2,3)17(31-21(36)24(25,26)27)20(35)30-16(10-13-6-7-13)19(34)29-15(12-28)11-14-8-9-23(4,5)32-18(14)33/h13-17H,6-11H2,1-5H3,(H,29,34)(H,30,35)(H,31,36)(H,32,33). The third-order valence-corrected chi connectivity index (χ3v) is 6.50. The van der Waals surface area contributed by atoms with Gasteiger partial charge in [0.1, 0.15) is 18.1 Å². The first kappa shape index (κ1) is 29.4. The van der Waals surface area contributed by atoms with Crippen LogP contribution in [0.4, 0.5) is 13.2 Å². The molecule has 1 aliphatic carbocycles. The van der Waals surface area contributed by atoms with Crippen LogP contribution in [0, 0.1) is 28.6 Å². The van der Waals surface area contributed by atoms with E-state index in [9.17, 15) is 37.6 Å². The molecule has 0 aromatic heterocycles. The van der Waals surface area contributed by atoms with Gasteiger partial charge >= 0.3 is 12.1 Å². The topological polar surface area (TPSA) is 140 Å². The van der Waals surface area contributed by atoms with E-state index in [2.05, 4.69) is 16.0 Å². The Morgan fingerprint density at radius 3 is 2.14 bits per heavy atom. The number of nitrogens with zero attached hydrogens (tertiary/aromatic N) is 1. The van der Waals surface area contributed by atoms with E-state index in [-0.39, 0.29) is 30.2 Å². The molecule has 9 nitrogen and oxygen atoms in total. The van der Waals surface area contributed by atoms with E-state index in [4.69, 9.17) is 0 Å². The number of carbonyl (C=O) groups excluding carboxylic acids is 4. The number of hydrogen-bond donors (Lipinski definition) is 4. The van der Waals surface area contributed by atoms with Crippen LogP contribution in [0.2, 0.25) is 0 Å². The molecular weight excluding hydrogens is 479 g/mol. The zero-order chi connectivity index (χ0) is 27.5. The molecule has 0 radical (unpaired) electrons. The molecule has 2 rings (SSSR count). The van der Waals surface area contributed by atoms with Crippen LogP contribution >= 0.6 is 0 Å². The number of nitriles is 1. The molecule has 0 aromatic carbocycles. The van der Waals surface area contributed by atoms with E-state index in [0.717, 1.165) is 12.8 Å². The molecule has 1 heterocycles. The average Bonchev–Trinajstić information content (AvgIpc) is 3.54. The smallest absolute Gasteiger partial charge is 0.351 e. The summed E-state index contributed by atoms with van der Waals surface area (Å²) in [6, 6.07) is -1.67. The van der Waals surface area contributed by atoms with Crippen molar-refractivity contribution in [1.29, 1.82) is 5.26 Å². The molecule has 12 heteroatoms. The highest BCUT2D eigenvalue weighted by Crippen LogP contribution is 2.34. The summed E-state index contributed by atoms with van der Waals surface area (Å²) in [6.07, 6.45) is -1.87. The second-order valence-electron chi connectivity index (χ2n) is 11.5. The number of rotatable bonds is 9. The Labute approximate surface area is 209 Å². The van der Waals surface area contributed by atoms with Gasteiger partial charge in [-0.15, -0.1) is 0 Å². The lowest BCUT2D eigenvalue weighted by atomic mass is 9.83. The summed E-state index contributed by atoms with van der Waals surface area (Å²) in [6.45, 7) is 8.28. The summed E-state index contributed by atoms with van der Waals surface area (Å²) >= 11 is 0. The van der Waals surface area contributed by atoms with Gasteiger partial charge in [-0.3, -0.25) is 19.2 Å². The Kier molecular flexibility index (Phi) is 9.02. The van der Waals surface area contributed by atoms with E-state index in [1.54, 1.807) is 5.32 Å². The number of amides is 4. The number of alkyl halides is 3. The molecule has 4 amide bonds. The fraction of sp³-hybridized carbons (Fsp3) is 0.792. The molecule has 0 aromatic rings. The maximum atomic E-state index is 13.0. The van der Waals surface area contributed by atoms with E-state index >= 15 is 0 Å². The largest absolute Gasteiger partial charge is 0.471 e. The number of carbonyl (C=O) groups is 4. The highest BCUT2D eigenvalue weighted by molar-refractivity contribution is 5.93. The first-order valence-electron chi connectivity index (χ1n) is 12.1. The first-order chi connectivity index (χ1) is 16.4. The van der Waals surface area contributed by atoms with Crippen molar-refractivity contribution < 1.29 is 32.3 Å². The summed E-state index contributed by atoms with van der Waals surface area (Å²) in [5, 5.41) is 19.3. The molecule has 202 valence electrons. The summed E-state index contributed by atoms with van der Waals surface area (Å²) in [7, 11) is 0. The van der Waals surface area contributed by atoms with E-state index in [0.29, 0.717) is 12.8 Å². The fourth-order valence-electron chi connectivity index (χ4n) is 4.15. The molecule has 1 saturated heterocycles. The predicted octanol–water partition coefficient (Wildman–Crippen LogP) is 2.07. The maximum Gasteiger partial charge on any atom is 0.471 e. The van der Waals surface area contributed by atoms with Gasteiger partial charge in [-0.25, -0.2) is 0 Å². The number of nitrogens with one attached hydrogen (secondary N) is 4. The van der Waals surface area contributed by atoms with Gasteiger partial charge in [-0.1, -0.05) is 33.6 Å². The lowest BCUT2D eigenvalue weighted by Gasteiger charge is -2.35. The maximum absolute atomic E-state index is 13.0. The second-order valence-corrected chi connectivity index (χ2v) is 11.5. The molecule has 2 fully saturated rings. The molecule has 1 saturated carbocycles. The van der Waals surface area contributed by atoms with Crippen molar-refractivity contribution in [3.05, 3.63) is 0 Å². The average molecular weight is 516 g/mol. The molecule has 36 heavy (non-hydrogen) atoms. The van der Waals surface area contributed by atoms with Crippen molar-refractivity contribution >= 4 is 23.6 Å². The van der Waals surface area contributed by atoms with Crippen LogP contribution in [0.1, 0.15) is 73.1 Å². The van der Waals surface area contributed by atoms with Gasteiger partial charge in [-0.2, -0.15) is 18.4 Å². The third-order valence-electron chi connectivity index (χ3n) is 6.50. The summed E-state index contributed by atoms with van der Waals surface area (Å²) in [5.41, 5.74) is -1.42. The van der Waals surface area contributed by atoms with Crippen LogP contribution in [-0.4, -0.2) is 53.5 Å². The van der Waals surface area contributed by atoms with E-state index in [1.165, 1.54) is 20.8 Å². The Morgan fingerprint density at radius 2 is 1.67 bits per heavy atom. The van der Waals surface area contributed by atoms with Crippen molar-refractivity contribution in [2.75, 3.05) is 0 Å². The zero-order valence-electron chi connectivity index (χ0n) is 21.3. The van der Waals surface area contributed by atoms with Crippen molar-refractivity contribution in [2.24, 2.45) is 17.3 Å². The lowest BCUT2D eigenvalue weighted by molar-refractivity contribution is -0.175. The highest BCUT2D eigenvalue weighted by atomic mass is 19.4. The second kappa shape index (κ2) is 11.0. The van der Waals surface area contributed by atoms with Gasteiger partial charge in [0.15, 0.2) is 0 Å². The third kappa shape index (κ3) is 8.68. The minimum Gasteiger partial charge on any atom is -0.351 e. The minimum atomic E-state index is -5.17. The Balaban J connectivity index is 2.09. The van der Waals surface area contributed by atoms with Crippen LogP contribution in [0.15, 0.2) is 0 Å². The highest BCUT2D eigenvalue weighted by Gasteiger charge is 2.44. The molecule has 0 bridgehead atoms. The summed E-state index contributed by atoms with van der Waals surface area (Å²) in [4.78, 5) is 49.9. The summed E-state index contributed by atoms with van der Waals surface area (Å²) < 4.78 is 38.4. The monoisotopic (exact) mass is 515 g/mol. The van der Waals surface area contributed by atoms with Gasteiger partial charge in [0.2, 0.25) is 17.7 Å². The fourth-order valence-corrected chi connectivity index (χ4v) is 4.15. The van der Waals surface area contributed by atoms with Gasteiger partial charge in [0.25, 0.3) is 0 Å². The molecule has 4 unspecified atom stereocenters. The van der Waals surface area contributed by atoms with Gasteiger partial charge in [0, 0.05) is 11.5 Å². The molecule has 4 atom stereocenters. The van der Waals surface area contributed by atoms with Crippen molar-refractivity contribution in [3.8, 4) is 6.07 Å². The Hall–Kier alpha value is -2.84. The van der Waals surface area contributed by atoms with Crippen molar-refractivity contribution in [1.82, 2.24) is 21.3 Å². The van der Waals surface area contributed by atoms with Gasteiger partial charge in [0.05, 0.1) is 6.07 Å². The quantitative estimate of drug-likeness (QED) is 0.372. The summed E-state index contributed by atoms with van der Waals surface area (Å²) in [5.74, 6) is -4.33. The van der Waals surface area contributed by atoms with Crippen LogP contribution in [0.3, 0.4) is 0 Å². The van der Waals surface area contributed by atoms with Crippen LogP contribution in [-0.2, 0) is 19.2 Å². The predicted molar refractivity (Wildman–Crippen MR) is 124 cm³/mol. The normalized spacial score (nSPS) is 22.3. The molecule has 0 spiro atoms. The Bertz CT molecular complexity index is 903. The van der Waals surface area contributed by atoms with E-state index in [1.807, 2.05) is 19.9 Å². The minimum absolute atomic E-state index is 0.0977. The Morgan fingerprint density at radius 1 is 1.06 bits per heavy atom. The zero-order valence-corrected chi connectivity index (χ0v) is 21.3. The van der Waals surface area contributed by atoms with Crippen molar-refractivity contribution in [2.45, 2.75) is 103 Å². The first-order valence-corrected chi connectivity index (χ1v) is 12.1. The van der Waals surface area contributed by atoms with E-state index < -0.39 is 53.4 Å². The van der Waals surface area contributed by atoms with Gasteiger partial charge in [-0.05, 0) is 50.9 Å². The molecule has 2 aliphatic rings. The molecule has 1 aliphatic heterocycles. The molecule has 4 N–H and O–H groups in total. The SMILES string of the molecule is CC1(C)CCC(CC(C#N)NC(=O)C(CC2CC2)NC(=O)C(NC(=O)C(F)(F)F)C(C)(C)C)C(=O)N1. The van der Waals surface area contributed by atoms with Crippen LogP contribution < -0.4 is 21.3 Å². The van der Waals surface area contributed by atoms with Gasteiger partial charge < -0.3 is 21.3 Å². The lowest BCUT2D eigenvalue weighted by Crippen LogP contribution is -2.60. The molecular formula is C24H36F3N5O4.